The van der Waals surface area contributed by atoms with Gasteiger partial charge in [0.25, 0.3) is 5.91 Å². The van der Waals surface area contributed by atoms with Gasteiger partial charge in [0.15, 0.2) is 0 Å². The largest absolute Gasteiger partial charge is 0.492 e. The van der Waals surface area contributed by atoms with Crippen LogP contribution in [0.25, 0.3) is 0 Å². The molecule has 0 bridgehead atoms. The minimum absolute atomic E-state index is 0.0861. The summed E-state index contributed by atoms with van der Waals surface area (Å²) in [5.74, 6) is 1.38. The van der Waals surface area contributed by atoms with Crippen molar-refractivity contribution >= 4 is 11.9 Å². The number of anilines is 1. The summed E-state index contributed by atoms with van der Waals surface area (Å²) in [4.78, 5) is 25.6. The molecule has 2 heterocycles. The molecular formula is C20H26N4O3. The second-order valence-corrected chi connectivity index (χ2v) is 6.37. The van der Waals surface area contributed by atoms with Gasteiger partial charge in [-0.1, -0.05) is 25.1 Å². The van der Waals surface area contributed by atoms with Crippen LogP contribution in [0.5, 0.6) is 5.75 Å². The third kappa shape index (κ3) is 4.95. The van der Waals surface area contributed by atoms with E-state index in [2.05, 4.69) is 14.9 Å². The van der Waals surface area contributed by atoms with Crippen molar-refractivity contribution in [3.63, 3.8) is 0 Å². The number of amides is 1. The molecule has 1 aromatic carbocycles. The van der Waals surface area contributed by atoms with E-state index in [9.17, 15) is 4.79 Å². The van der Waals surface area contributed by atoms with E-state index < -0.39 is 0 Å². The highest BCUT2D eigenvalue weighted by molar-refractivity contribution is 5.95. The minimum atomic E-state index is -0.0861. The quantitative estimate of drug-likeness (QED) is 0.743. The Morgan fingerprint density at radius 1 is 1.26 bits per heavy atom. The van der Waals surface area contributed by atoms with Crippen LogP contribution >= 0.6 is 0 Å². The lowest BCUT2D eigenvalue weighted by Gasteiger charge is -2.27. The maximum atomic E-state index is 12.8. The van der Waals surface area contributed by atoms with Gasteiger partial charge in [0.05, 0.1) is 31.0 Å². The third-order valence-electron chi connectivity index (χ3n) is 4.50. The molecule has 1 amide bonds. The summed E-state index contributed by atoms with van der Waals surface area (Å²) in [6, 6.07) is 9.58. The van der Waals surface area contributed by atoms with E-state index in [1.54, 1.807) is 18.1 Å². The Kier molecular flexibility index (Phi) is 6.59. The van der Waals surface area contributed by atoms with Crippen molar-refractivity contribution in [2.24, 2.45) is 0 Å². The van der Waals surface area contributed by atoms with Crippen LogP contribution < -0.4 is 9.64 Å². The number of benzene rings is 1. The van der Waals surface area contributed by atoms with E-state index in [-0.39, 0.29) is 5.91 Å². The molecule has 27 heavy (non-hydrogen) atoms. The fourth-order valence-electron chi connectivity index (χ4n) is 2.89. The maximum absolute atomic E-state index is 12.8. The zero-order valence-corrected chi connectivity index (χ0v) is 15.9. The van der Waals surface area contributed by atoms with Crippen LogP contribution in [0.3, 0.4) is 0 Å². The number of rotatable bonds is 7. The summed E-state index contributed by atoms with van der Waals surface area (Å²) in [7, 11) is 1.77. The zero-order valence-electron chi connectivity index (χ0n) is 15.9. The van der Waals surface area contributed by atoms with E-state index in [1.807, 2.05) is 37.3 Å². The molecule has 0 radical (unpaired) electrons. The average molecular weight is 370 g/mol. The van der Waals surface area contributed by atoms with Crippen molar-refractivity contribution in [3.8, 4) is 5.75 Å². The highest BCUT2D eigenvalue weighted by Gasteiger charge is 2.20. The molecule has 3 rings (SSSR count). The van der Waals surface area contributed by atoms with Crippen LogP contribution in [0.2, 0.25) is 0 Å². The molecule has 0 N–H and O–H groups in total. The molecule has 1 aliphatic rings. The predicted molar refractivity (Wildman–Crippen MR) is 103 cm³/mol. The minimum Gasteiger partial charge on any atom is -0.492 e. The fraction of sp³-hybridized carbons (Fsp3) is 0.450. The van der Waals surface area contributed by atoms with Crippen LogP contribution in [-0.2, 0) is 11.2 Å². The van der Waals surface area contributed by atoms with Crippen molar-refractivity contribution in [2.75, 3.05) is 51.4 Å². The van der Waals surface area contributed by atoms with E-state index in [0.717, 1.165) is 24.5 Å². The van der Waals surface area contributed by atoms with Crippen molar-refractivity contribution in [3.05, 3.63) is 47.8 Å². The van der Waals surface area contributed by atoms with Gasteiger partial charge in [-0.05, 0) is 18.6 Å². The first-order chi connectivity index (χ1) is 13.2. The van der Waals surface area contributed by atoms with Gasteiger partial charge in [-0.2, -0.15) is 0 Å². The van der Waals surface area contributed by atoms with Crippen LogP contribution in [-0.4, -0.2) is 67.3 Å². The van der Waals surface area contributed by atoms with Gasteiger partial charge in [0.2, 0.25) is 5.95 Å². The number of nitrogens with zero attached hydrogens (tertiary/aromatic N) is 4. The summed E-state index contributed by atoms with van der Waals surface area (Å²) in [5.41, 5.74) is 1.32. The van der Waals surface area contributed by atoms with E-state index in [0.29, 0.717) is 44.3 Å². The number of para-hydroxylation sites is 1. The Morgan fingerprint density at radius 2 is 2.00 bits per heavy atom. The smallest absolute Gasteiger partial charge is 0.257 e. The number of likely N-dealkylation sites (N-methyl/N-ethyl adjacent to an activating group) is 1. The van der Waals surface area contributed by atoms with Crippen molar-refractivity contribution in [1.82, 2.24) is 14.9 Å². The van der Waals surface area contributed by atoms with Crippen molar-refractivity contribution in [2.45, 2.75) is 13.3 Å². The Bertz CT molecular complexity index is 748. The monoisotopic (exact) mass is 370 g/mol. The Morgan fingerprint density at radius 3 is 2.70 bits per heavy atom. The van der Waals surface area contributed by atoms with Crippen molar-refractivity contribution in [1.29, 1.82) is 0 Å². The molecule has 2 aromatic rings. The highest BCUT2D eigenvalue weighted by atomic mass is 16.5. The molecule has 1 aliphatic heterocycles. The zero-order chi connectivity index (χ0) is 19.1. The first-order valence-corrected chi connectivity index (χ1v) is 9.31. The second kappa shape index (κ2) is 9.32. The van der Waals surface area contributed by atoms with Crippen LogP contribution in [0.4, 0.5) is 5.95 Å². The Labute approximate surface area is 159 Å². The van der Waals surface area contributed by atoms with Gasteiger partial charge >= 0.3 is 0 Å². The molecule has 7 nitrogen and oxygen atoms in total. The second-order valence-electron chi connectivity index (χ2n) is 6.37. The first kappa shape index (κ1) is 19.1. The molecule has 0 unspecified atom stereocenters. The molecule has 0 atom stereocenters. The normalized spacial score (nSPS) is 14.1. The molecule has 0 spiro atoms. The third-order valence-corrected chi connectivity index (χ3v) is 4.50. The Balaban J connectivity index is 1.62. The van der Waals surface area contributed by atoms with E-state index in [4.69, 9.17) is 9.47 Å². The molecule has 0 aliphatic carbocycles. The standard InChI is InChI=1S/C20H26N4O3/c1-3-18-17(15-21-20(22-18)24-10-12-26-13-11-24)19(25)23(2)9-14-27-16-7-5-4-6-8-16/h4-8,15H,3,9-14H2,1-2H3. The number of hydrogen-bond donors (Lipinski definition) is 0. The summed E-state index contributed by atoms with van der Waals surface area (Å²) in [5, 5.41) is 0. The molecule has 7 heteroatoms. The predicted octanol–water partition coefficient (Wildman–Crippen LogP) is 2.03. The lowest BCUT2D eigenvalue weighted by molar-refractivity contribution is 0.0771. The summed E-state index contributed by atoms with van der Waals surface area (Å²) < 4.78 is 11.0. The van der Waals surface area contributed by atoms with Gasteiger partial charge in [-0.15, -0.1) is 0 Å². The fourth-order valence-corrected chi connectivity index (χ4v) is 2.89. The van der Waals surface area contributed by atoms with Gasteiger partial charge < -0.3 is 19.3 Å². The molecule has 0 saturated carbocycles. The van der Waals surface area contributed by atoms with Crippen molar-refractivity contribution < 1.29 is 14.3 Å². The van der Waals surface area contributed by atoms with Gasteiger partial charge in [0, 0.05) is 26.3 Å². The number of morpholine rings is 1. The first-order valence-electron chi connectivity index (χ1n) is 9.31. The molecule has 1 saturated heterocycles. The van der Waals surface area contributed by atoms with Gasteiger partial charge in [-0.3, -0.25) is 4.79 Å². The molecule has 1 aromatic heterocycles. The summed E-state index contributed by atoms with van der Waals surface area (Å²) in [6.07, 6.45) is 2.32. The number of aromatic nitrogens is 2. The number of hydrogen-bond acceptors (Lipinski definition) is 6. The molecule has 1 fully saturated rings. The maximum Gasteiger partial charge on any atom is 0.257 e. The van der Waals surface area contributed by atoms with Crippen LogP contribution in [0.15, 0.2) is 36.5 Å². The summed E-state index contributed by atoms with van der Waals surface area (Å²) in [6.45, 7) is 5.81. The Hall–Kier alpha value is -2.67. The lowest BCUT2D eigenvalue weighted by Crippen LogP contribution is -2.38. The highest BCUT2D eigenvalue weighted by Crippen LogP contribution is 2.16. The lowest BCUT2D eigenvalue weighted by atomic mass is 10.1. The molecule has 144 valence electrons. The number of ether oxygens (including phenoxy) is 2. The average Bonchev–Trinajstić information content (AvgIpc) is 2.74. The van der Waals surface area contributed by atoms with Gasteiger partial charge in [-0.25, -0.2) is 9.97 Å². The molecular weight excluding hydrogens is 344 g/mol. The topological polar surface area (TPSA) is 67.8 Å². The number of carbonyl (C=O) groups excluding carboxylic acids is 1. The van der Waals surface area contributed by atoms with E-state index in [1.165, 1.54) is 0 Å². The SMILES string of the molecule is CCc1nc(N2CCOCC2)ncc1C(=O)N(C)CCOc1ccccc1. The summed E-state index contributed by atoms with van der Waals surface area (Å²) >= 11 is 0. The number of aryl methyl sites for hydroxylation is 1. The van der Waals surface area contributed by atoms with Crippen LogP contribution in [0.1, 0.15) is 23.0 Å². The number of carbonyl (C=O) groups is 1. The van der Waals surface area contributed by atoms with Crippen LogP contribution in [0, 0.1) is 0 Å². The van der Waals surface area contributed by atoms with Gasteiger partial charge in [0.1, 0.15) is 12.4 Å². The van der Waals surface area contributed by atoms with E-state index >= 15 is 0 Å².